The first kappa shape index (κ1) is 14.2. The molecule has 1 atom stereocenters. The van der Waals surface area contributed by atoms with Gasteiger partial charge in [0.25, 0.3) is 0 Å². The fourth-order valence-corrected chi connectivity index (χ4v) is 1.51. The van der Waals surface area contributed by atoms with E-state index >= 15 is 0 Å². The lowest BCUT2D eigenvalue weighted by molar-refractivity contribution is -0.142. The highest BCUT2D eigenvalue weighted by atomic mass is 16.5. The fraction of sp³-hybridized carbons (Fsp3) is 0.385. The van der Waals surface area contributed by atoms with Crippen molar-refractivity contribution in [3.8, 4) is 0 Å². The van der Waals surface area contributed by atoms with Gasteiger partial charge in [-0.25, -0.2) is 0 Å². The second-order valence-electron chi connectivity index (χ2n) is 3.96. The zero-order valence-corrected chi connectivity index (χ0v) is 10.8. The number of anilines is 1. The molecule has 0 saturated carbocycles. The minimum absolute atomic E-state index is 0.122. The summed E-state index contributed by atoms with van der Waals surface area (Å²) in [6.45, 7) is 3.67. The molecule has 0 spiro atoms. The fourth-order valence-electron chi connectivity index (χ4n) is 1.51. The van der Waals surface area contributed by atoms with Gasteiger partial charge in [0.05, 0.1) is 7.11 Å². The van der Waals surface area contributed by atoms with Crippen molar-refractivity contribution in [1.82, 2.24) is 5.32 Å². The van der Waals surface area contributed by atoms with Crippen molar-refractivity contribution in [2.24, 2.45) is 0 Å². The Kier molecular flexibility index (Phi) is 5.32. The molecular formula is C13H18N2O3. The van der Waals surface area contributed by atoms with Gasteiger partial charge >= 0.3 is 5.97 Å². The molecule has 1 unspecified atom stereocenters. The maximum Gasteiger partial charge on any atom is 0.322 e. The van der Waals surface area contributed by atoms with Crippen LogP contribution in [0.4, 0.5) is 5.69 Å². The second kappa shape index (κ2) is 6.76. The summed E-state index contributed by atoms with van der Waals surface area (Å²) in [6.07, 6.45) is 0. The highest BCUT2D eigenvalue weighted by Crippen LogP contribution is 2.14. The molecule has 2 N–H and O–H groups in total. The molecule has 1 amide bonds. The Labute approximate surface area is 107 Å². The van der Waals surface area contributed by atoms with Crippen LogP contribution in [0, 0.1) is 0 Å². The average molecular weight is 250 g/mol. The van der Waals surface area contributed by atoms with Crippen molar-refractivity contribution < 1.29 is 14.3 Å². The quantitative estimate of drug-likeness (QED) is 0.773. The summed E-state index contributed by atoms with van der Waals surface area (Å²) in [5, 5.41) is 5.78. The van der Waals surface area contributed by atoms with Crippen LogP contribution in [0.25, 0.3) is 0 Å². The van der Waals surface area contributed by atoms with Crippen molar-refractivity contribution >= 4 is 17.6 Å². The van der Waals surface area contributed by atoms with Gasteiger partial charge in [0.1, 0.15) is 6.04 Å². The largest absolute Gasteiger partial charge is 0.468 e. The van der Waals surface area contributed by atoms with E-state index in [-0.39, 0.29) is 17.9 Å². The predicted molar refractivity (Wildman–Crippen MR) is 69.1 cm³/mol. The van der Waals surface area contributed by atoms with Gasteiger partial charge in [0.15, 0.2) is 0 Å². The molecule has 0 aliphatic carbocycles. The summed E-state index contributed by atoms with van der Waals surface area (Å²) in [7, 11) is 1.35. The monoisotopic (exact) mass is 250 g/mol. The smallest absolute Gasteiger partial charge is 0.322 e. The Hall–Kier alpha value is -1.88. The molecule has 98 valence electrons. The van der Waals surface area contributed by atoms with E-state index in [0.29, 0.717) is 6.54 Å². The number of nitrogens with one attached hydrogen (secondary N) is 2. The van der Waals surface area contributed by atoms with E-state index in [0.717, 1.165) is 11.3 Å². The van der Waals surface area contributed by atoms with Crippen LogP contribution >= 0.6 is 0 Å². The van der Waals surface area contributed by atoms with Crippen LogP contribution in [-0.4, -0.2) is 25.0 Å². The third-order valence-electron chi connectivity index (χ3n) is 2.48. The van der Waals surface area contributed by atoms with E-state index < -0.39 is 0 Å². The van der Waals surface area contributed by atoms with E-state index in [9.17, 15) is 9.59 Å². The first-order valence-corrected chi connectivity index (χ1v) is 5.71. The van der Waals surface area contributed by atoms with Crippen LogP contribution in [0.2, 0.25) is 0 Å². The average Bonchev–Trinajstić information content (AvgIpc) is 2.35. The Morgan fingerprint density at radius 2 is 2.00 bits per heavy atom. The first-order chi connectivity index (χ1) is 8.54. The van der Waals surface area contributed by atoms with Gasteiger partial charge in [0.2, 0.25) is 5.91 Å². The molecule has 0 bridgehead atoms. The summed E-state index contributed by atoms with van der Waals surface area (Å²) in [5.41, 5.74) is 1.66. The van der Waals surface area contributed by atoms with Gasteiger partial charge in [-0.1, -0.05) is 18.2 Å². The lowest BCUT2D eigenvalue weighted by Gasteiger charge is -2.14. The van der Waals surface area contributed by atoms with Crippen molar-refractivity contribution in [1.29, 1.82) is 0 Å². The van der Waals surface area contributed by atoms with Crippen molar-refractivity contribution in [2.75, 3.05) is 12.4 Å². The van der Waals surface area contributed by atoms with Gasteiger partial charge in [0, 0.05) is 19.2 Å². The van der Waals surface area contributed by atoms with Gasteiger partial charge in [-0.3, -0.25) is 9.59 Å². The number of rotatable bonds is 5. The number of para-hydroxylation sites is 1. The SMILES string of the molecule is COC(=O)C(C)NCc1ccccc1NC(C)=O. The molecule has 5 nitrogen and oxygen atoms in total. The molecule has 1 aromatic rings. The third kappa shape index (κ3) is 4.18. The number of carbonyl (C=O) groups excluding carboxylic acids is 2. The summed E-state index contributed by atoms with van der Waals surface area (Å²) >= 11 is 0. The van der Waals surface area contributed by atoms with Crippen LogP contribution in [-0.2, 0) is 20.9 Å². The minimum Gasteiger partial charge on any atom is -0.468 e. The second-order valence-corrected chi connectivity index (χ2v) is 3.96. The lowest BCUT2D eigenvalue weighted by Crippen LogP contribution is -2.34. The highest BCUT2D eigenvalue weighted by Gasteiger charge is 2.12. The summed E-state index contributed by atoms with van der Waals surface area (Å²) in [5.74, 6) is -0.435. The van der Waals surface area contributed by atoms with E-state index in [1.54, 1.807) is 6.92 Å². The number of ether oxygens (including phenoxy) is 1. The van der Waals surface area contributed by atoms with Crippen molar-refractivity contribution in [3.05, 3.63) is 29.8 Å². The Morgan fingerprint density at radius 3 is 2.61 bits per heavy atom. The standard InChI is InChI=1S/C13H18N2O3/c1-9(13(17)18-3)14-8-11-6-4-5-7-12(11)15-10(2)16/h4-7,9,14H,8H2,1-3H3,(H,15,16). The van der Waals surface area contributed by atoms with Crippen molar-refractivity contribution in [3.63, 3.8) is 0 Å². The first-order valence-electron chi connectivity index (χ1n) is 5.71. The maximum absolute atomic E-state index is 11.2. The predicted octanol–water partition coefficient (Wildman–Crippen LogP) is 1.30. The molecule has 0 saturated heterocycles. The van der Waals surface area contributed by atoms with Crippen LogP contribution in [0.1, 0.15) is 19.4 Å². The number of benzene rings is 1. The molecule has 0 aliphatic rings. The molecule has 18 heavy (non-hydrogen) atoms. The van der Waals surface area contributed by atoms with Crippen LogP contribution in [0.15, 0.2) is 24.3 Å². The number of hydrogen-bond acceptors (Lipinski definition) is 4. The van der Waals surface area contributed by atoms with Gasteiger partial charge in [-0.05, 0) is 18.6 Å². The molecule has 1 aromatic carbocycles. The van der Waals surface area contributed by atoms with Crippen LogP contribution < -0.4 is 10.6 Å². The Balaban J connectivity index is 2.66. The van der Waals surface area contributed by atoms with E-state index in [4.69, 9.17) is 0 Å². The van der Waals surface area contributed by atoms with Gasteiger partial charge in [-0.2, -0.15) is 0 Å². The molecule has 0 aromatic heterocycles. The van der Waals surface area contributed by atoms with Crippen LogP contribution in [0.5, 0.6) is 0 Å². The van der Waals surface area contributed by atoms with E-state index in [1.165, 1.54) is 14.0 Å². The number of carbonyl (C=O) groups is 2. The number of amides is 1. The Bertz CT molecular complexity index is 432. The molecular weight excluding hydrogens is 232 g/mol. The topological polar surface area (TPSA) is 67.4 Å². The molecule has 0 heterocycles. The van der Waals surface area contributed by atoms with Gasteiger partial charge < -0.3 is 15.4 Å². The van der Waals surface area contributed by atoms with Crippen LogP contribution in [0.3, 0.4) is 0 Å². The summed E-state index contributed by atoms with van der Waals surface area (Å²) in [4.78, 5) is 22.3. The third-order valence-corrected chi connectivity index (χ3v) is 2.48. The van der Waals surface area contributed by atoms with Gasteiger partial charge in [-0.15, -0.1) is 0 Å². The minimum atomic E-state index is -0.389. The number of hydrogen-bond donors (Lipinski definition) is 2. The maximum atomic E-state index is 11.2. The summed E-state index contributed by atoms with van der Waals surface area (Å²) in [6, 6.07) is 7.05. The van der Waals surface area contributed by atoms with E-state index in [1.807, 2.05) is 24.3 Å². The zero-order chi connectivity index (χ0) is 13.5. The molecule has 1 rings (SSSR count). The highest BCUT2D eigenvalue weighted by molar-refractivity contribution is 5.89. The molecule has 0 radical (unpaired) electrons. The summed E-state index contributed by atoms with van der Waals surface area (Å²) < 4.78 is 4.62. The van der Waals surface area contributed by atoms with E-state index in [2.05, 4.69) is 15.4 Å². The lowest BCUT2D eigenvalue weighted by atomic mass is 10.1. The molecule has 0 aliphatic heterocycles. The number of methoxy groups -OCH3 is 1. The zero-order valence-electron chi connectivity index (χ0n) is 10.8. The normalized spacial score (nSPS) is 11.7. The molecule has 0 fully saturated rings. The van der Waals surface area contributed by atoms with Crippen molar-refractivity contribution in [2.45, 2.75) is 26.4 Å². The molecule has 5 heteroatoms. The Morgan fingerprint density at radius 1 is 1.33 bits per heavy atom. The number of esters is 1.